The van der Waals surface area contributed by atoms with Crippen molar-refractivity contribution in [3.05, 3.63) is 12.7 Å². The normalized spacial score (nSPS) is 12.4. The number of hydrogen-bond donors (Lipinski definition) is 0. The van der Waals surface area contributed by atoms with Crippen LogP contribution in [0.1, 0.15) is 162 Å². The fourth-order valence-corrected chi connectivity index (χ4v) is 4.43. The van der Waals surface area contributed by atoms with E-state index in [1.807, 2.05) is 0 Å². The van der Waals surface area contributed by atoms with Gasteiger partial charge in [-0.25, -0.2) is 0 Å². The quantitative estimate of drug-likeness (QED) is 0.113. The summed E-state index contributed by atoms with van der Waals surface area (Å²) in [7, 11) is 0. The molecule has 0 aromatic heterocycles. The van der Waals surface area contributed by atoms with Gasteiger partial charge in [0.1, 0.15) is 0 Å². The van der Waals surface area contributed by atoms with Crippen molar-refractivity contribution in [3.8, 4) is 0 Å². The molecule has 168 valence electrons. The Morgan fingerprint density at radius 3 is 1.21 bits per heavy atom. The van der Waals surface area contributed by atoms with Crippen molar-refractivity contribution < 1.29 is 0 Å². The molecule has 0 radical (unpaired) electrons. The van der Waals surface area contributed by atoms with Gasteiger partial charge in [0.25, 0.3) is 0 Å². The lowest BCUT2D eigenvalue weighted by molar-refractivity contribution is 0.392. The maximum absolute atomic E-state index is 3.80. The number of rotatable bonds is 24. The second kappa shape index (κ2) is 24.8. The first-order valence-corrected chi connectivity index (χ1v) is 13.5. The Hall–Kier alpha value is -0.260. The van der Waals surface area contributed by atoms with Crippen LogP contribution in [-0.4, -0.2) is 0 Å². The molecule has 0 saturated heterocycles. The monoisotopic (exact) mass is 392 g/mol. The number of allylic oxidation sites excluding steroid dienone is 1. The van der Waals surface area contributed by atoms with Crippen molar-refractivity contribution in [2.75, 3.05) is 0 Å². The smallest absolute Gasteiger partial charge is 0.0353 e. The standard InChI is InChI=1S/C28H56/c1-4-7-9-11-13-15-17-19-21-23-25-27-28(6-3)26-24-22-20-18-16-14-12-10-8-5-2/h5,28H,2,4,6-27H2,1,3H3. The van der Waals surface area contributed by atoms with Crippen LogP contribution in [0.5, 0.6) is 0 Å². The van der Waals surface area contributed by atoms with Gasteiger partial charge in [0.05, 0.1) is 0 Å². The van der Waals surface area contributed by atoms with Gasteiger partial charge in [-0.3, -0.25) is 0 Å². The van der Waals surface area contributed by atoms with Gasteiger partial charge in [-0.1, -0.05) is 155 Å². The molecule has 0 aliphatic heterocycles. The number of hydrogen-bond acceptors (Lipinski definition) is 0. The third-order valence-electron chi connectivity index (χ3n) is 6.56. The van der Waals surface area contributed by atoms with Crippen molar-refractivity contribution in [1.29, 1.82) is 0 Å². The highest BCUT2D eigenvalue weighted by atomic mass is 14.1. The fourth-order valence-electron chi connectivity index (χ4n) is 4.43. The molecule has 1 unspecified atom stereocenters. The molecule has 0 saturated carbocycles. The summed E-state index contributed by atoms with van der Waals surface area (Å²) in [6.45, 7) is 8.51. The van der Waals surface area contributed by atoms with Crippen LogP contribution in [0.15, 0.2) is 12.7 Å². The van der Waals surface area contributed by atoms with Crippen molar-refractivity contribution in [1.82, 2.24) is 0 Å². The maximum Gasteiger partial charge on any atom is -0.0353 e. The van der Waals surface area contributed by atoms with Gasteiger partial charge in [0, 0.05) is 0 Å². The molecule has 28 heavy (non-hydrogen) atoms. The zero-order chi connectivity index (χ0) is 20.5. The van der Waals surface area contributed by atoms with Crippen molar-refractivity contribution in [2.45, 2.75) is 162 Å². The molecule has 1 atom stereocenters. The lowest BCUT2D eigenvalue weighted by Crippen LogP contribution is -1.99. The van der Waals surface area contributed by atoms with Gasteiger partial charge < -0.3 is 0 Å². The summed E-state index contributed by atoms with van der Waals surface area (Å²) in [5.41, 5.74) is 0. The molecule has 0 spiro atoms. The highest BCUT2D eigenvalue weighted by Gasteiger charge is 2.06. The molecule has 0 heterocycles. The lowest BCUT2D eigenvalue weighted by atomic mass is 9.92. The predicted molar refractivity (Wildman–Crippen MR) is 131 cm³/mol. The summed E-state index contributed by atoms with van der Waals surface area (Å²) in [6, 6.07) is 0. The summed E-state index contributed by atoms with van der Waals surface area (Å²) >= 11 is 0. The van der Waals surface area contributed by atoms with Gasteiger partial charge >= 0.3 is 0 Å². The molecule has 0 bridgehead atoms. The van der Waals surface area contributed by atoms with E-state index >= 15 is 0 Å². The largest absolute Gasteiger partial charge is 0.103 e. The highest BCUT2D eigenvalue weighted by Crippen LogP contribution is 2.22. The van der Waals surface area contributed by atoms with E-state index in [0.29, 0.717) is 0 Å². The summed E-state index contributed by atoms with van der Waals surface area (Å²) in [5.74, 6) is 1.01. The first kappa shape index (κ1) is 27.7. The molecule has 0 aliphatic rings. The average molecular weight is 393 g/mol. The Morgan fingerprint density at radius 2 is 0.857 bits per heavy atom. The Labute approximate surface area is 180 Å². The van der Waals surface area contributed by atoms with Crippen LogP contribution in [0.25, 0.3) is 0 Å². The Bertz CT molecular complexity index is 280. The first-order valence-electron chi connectivity index (χ1n) is 13.5. The fraction of sp³-hybridized carbons (Fsp3) is 0.929. The van der Waals surface area contributed by atoms with Crippen LogP contribution in [0.2, 0.25) is 0 Å². The highest BCUT2D eigenvalue weighted by molar-refractivity contribution is 4.65. The molecule has 0 aliphatic carbocycles. The zero-order valence-electron chi connectivity index (χ0n) is 20.1. The van der Waals surface area contributed by atoms with E-state index in [1.165, 1.54) is 148 Å². The van der Waals surface area contributed by atoms with Crippen LogP contribution >= 0.6 is 0 Å². The van der Waals surface area contributed by atoms with Crippen LogP contribution in [-0.2, 0) is 0 Å². The van der Waals surface area contributed by atoms with Crippen LogP contribution < -0.4 is 0 Å². The Kier molecular flexibility index (Phi) is 24.5. The third kappa shape index (κ3) is 22.0. The summed E-state index contributed by atoms with van der Waals surface area (Å²) < 4.78 is 0. The van der Waals surface area contributed by atoms with Gasteiger partial charge in [-0.05, 0) is 18.8 Å². The molecule has 0 heteroatoms. The van der Waals surface area contributed by atoms with Crippen molar-refractivity contribution >= 4 is 0 Å². The third-order valence-corrected chi connectivity index (χ3v) is 6.56. The Balaban J connectivity index is 3.28. The van der Waals surface area contributed by atoms with Crippen LogP contribution in [0, 0.1) is 5.92 Å². The minimum Gasteiger partial charge on any atom is -0.103 e. The van der Waals surface area contributed by atoms with E-state index in [4.69, 9.17) is 0 Å². The minimum absolute atomic E-state index is 1.01. The lowest BCUT2D eigenvalue weighted by Gasteiger charge is -2.14. The van der Waals surface area contributed by atoms with Crippen LogP contribution in [0.4, 0.5) is 0 Å². The summed E-state index contributed by atoms with van der Waals surface area (Å²) in [5, 5.41) is 0. The van der Waals surface area contributed by atoms with Gasteiger partial charge in [-0.15, -0.1) is 6.58 Å². The second-order valence-corrected chi connectivity index (χ2v) is 9.29. The van der Waals surface area contributed by atoms with E-state index < -0.39 is 0 Å². The van der Waals surface area contributed by atoms with E-state index in [0.717, 1.165) is 5.92 Å². The summed E-state index contributed by atoms with van der Waals surface area (Å²) in [4.78, 5) is 0. The molecular formula is C28H56. The van der Waals surface area contributed by atoms with Crippen LogP contribution in [0.3, 0.4) is 0 Å². The molecule has 0 nitrogen and oxygen atoms in total. The number of unbranched alkanes of at least 4 members (excludes halogenated alkanes) is 18. The topological polar surface area (TPSA) is 0 Å². The van der Waals surface area contributed by atoms with Gasteiger partial charge in [0.15, 0.2) is 0 Å². The molecule has 0 aromatic carbocycles. The van der Waals surface area contributed by atoms with E-state index in [9.17, 15) is 0 Å². The predicted octanol–water partition coefficient (Wildman–Crippen LogP) is 10.8. The molecule has 0 rings (SSSR count). The molecule has 0 aromatic rings. The van der Waals surface area contributed by atoms with E-state index in [1.54, 1.807) is 0 Å². The minimum atomic E-state index is 1.01. The molecule has 0 amide bonds. The van der Waals surface area contributed by atoms with E-state index in [2.05, 4.69) is 26.5 Å². The second-order valence-electron chi connectivity index (χ2n) is 9.29. The van der Waals surface area contributed by atoms with Crippen molar-refractivity contribution in [3.63, 3.8) is 0 Å². The average Bonchev–Trinajstić information content (AvgIpc) is 2.71. The molecular weight excluding hydrogens is 336 g/mol. The SMILES string of the molecule is C=CCCCCCCCCCCC(CC)CCCCCCCCCCCCC. The van der Waals surface area contributed by atoms with Gasteiger partial charge in [-0.2, -0.15) is 0 Å². The van der Waals surface area contributed by atoms with E-state index in [-0.39, 0.29) is 0 Å². The Morgan fingerprint density at radius 1 is 0.500 bits per heavy atom. The first-order chi connectivity index (χ1) is 13.8. The zero-order valence-corrected chi connectivity index (χ0v) is 20.1. The summed E-state index contributed by atoms with van der Waals surface area (Å²) in [6.07, 6.45) is 35.3. The van der Waals surface area contributed by atoms with Gasteiger partial charge in [0.2, 0.25) is 0 Å². The molecule has 0 fully saturated rings. The van der Waals surface area contributed by atoms with Crippen molar-refractivity contribution in [2.24, 2.45) is 5.92 Å². The molecule has 0 N–H and O–H groups in total. The maximum atomic E-state index is 3.80.